The normalized spacial score (nSPS) is 14.2. The molecule has 0 unspecified atom stereocenters. The van der Waals surface area contributed by atoms with E-state index in [4.69, 9.17) is 5.73 Å². The van der Waals surface area contributed by atoms with E-state index in [1.807, 2.05) is 38.1 Å². The molecule has 0 bridgehead atoms. The van der Waals surface area contributed by atoms with E-state index < -0.39 is 5.41 Å². The maximum Gasteiger partial charge on any atom is 0.227 e. The average Bonchev–Trinajstić information content (AvgIpc) is 2.53. The highest BCUT2D eigenvalue weighted by Crippen LogP contribution is 2.28. The van der Waals surface area contributed by atoms with E-state index in [1.165, 1.54) is 0 Å². The van der Waals surface area contributed by atoms with Crippen LogP contribution in [0.1, 0.15) is 51.5 Å². The van der Waals surface area contributed by atoms with Gasteiger partial charge in [-0.1, -0.05) is 32.4 Å². The Balaban J connectivity index is 0.00000312. The number of rotatable bonds is 8. The number of hydrogen-bond donors (Lipinski definition) is 3. The van der Waals surface area contributed by atoms with Gasteiger partial charge in [0, 0.05) is 24.7 Å². The van der Waals surface area contributed by atoms with Crippen molar-refractivity contribution in [3.63, 3.8) is 0 Å². The van der Waals surface area contributed by atoms with Gasteiger partial charge in [0.2, 0.25) is 11.8 Å². The molecule has 0 atom stereocenters. The lowest BCUT2D eigenvalue weighted by Gasteiger charge is -2.28. The molecule has 2 amide bonds. The van der Waals surface area contributed by atoms with E-state index in [0.717, 1.165) is 43.4 Å². The summed E-state index contributed by atoms with van der Waals surface area (Å²) in [6.45, 7) is 4.77. The molecule has 0 aliphatic heterocycles. The summed E-state index contributed by atoms with van der Waals surface area (Å²) in [4.78, 5) is 24.5. The predicted molar refractivity (Wildman–Crippen MR) is 104 cm³/mol. The minimum atomic E-state index is -0.490. The first-order valence-corrected chi connectivity index (χ1v) is 8.93. The maximum atomic E-state index is 12.5. The van der Waals surface area contributed by atoms with Crippen LogP contribution in [0.25, 0.3) is 0 Å². The lowest BCUT2D eigenvalue weighted by atomic mass is 9.81. The van der Waals surface area contributed by atoms with Gasteiger partial charge in [-0.25, -0.2) is 0 Å². The van der Waals surface area contributed by atoms with E-state index in [0.29, 0.717) is 13.1 Å². The summed E-state index contributed by atoms with van der Waals surface area (Å²) >= 11 is 0. The van der Waals surface area contributed by atoms with Crippen LogP contribution in [0.5, 0.6) is 0 Å². The van der Waals surface area contributed by atoms with Crippen LogP contribution >= 0.6 is 12.4 Å². The second kappa shape index (κ2) is 9.78. The predicted octanol–water partition coefficient (Wildman–Crippen LogP) is 3.23. The molecule has 0 saturated heterocycles. The molecule has 1 saturated carbocycles. The van der Waals surface area contributed by atoms with Crippen molar-refractivity contribution < 1.29 is 9.59 Å². The molecule has 0 aromatic heterocycles. The molecule has 1 aliphatic rings. The molecule has 1 aromatic rings. The largest absolute Gasteiger partial charge is 0.352 e. The molecule has 1 aliphatic carbocycles. The Morgan fingerprint density at radius 3 is 2.44 bits per heavy atom. The van der Waals surface area contributed by atoms with Crippen molar-refractivity contribution in [3.8, 4) is 0 Å². The quantitative estimate of drug-likeness (QED) is 0.659. The lowest BCUT2D eigenvalue weighted by molar-refractivity contribution is -0.131. The van der Waals surface area contributed by atoms with Gasteiger partial charge in [0.15, 0.2) is 0 Å². The fourth-order valence-electron chi connectivity index (χ4n) is 3.00. The molecular formula is C19H30ClN3O2. The molecule has 6 heteroatoms. The van der Waals surface area contributed by atoms with Gasteiger partial charge in [0.1, 0.15) is 0 Å². The monoisotopic (exact) mass is 367 g/mol. The van der Waals surface area contributed by atoms with Gasteiger partial charge >= 0.3 is 0 Å². The number of amides is 2. The Morgan fingerprint density at radius 2 is 1.92 bits per heavy atom. The Kier molecular flexibility index (Phi) is 8.39. The van der Waals surface area contributed by atoms with Crippen LogP contribution < -0.4 is 16.4 Å². The van der Waals surface area contributed by atoms with Gasteiger partial charge < -0.3 is 16.4 Å². The third-order valence-corrected chi connectivity index (χ3v) is 5.35. The summed E-state index contributed by atoms with van der Waals surface area (Å²) in [6, 6.07) is 7.64. The van der Waals surface area contributed by atoms with Gasteiger partial charge in [-0.15, -0.1) is 12.4 Å². The number of benzene rings is 1. The summed E-state index contributed by atoms with van der Waals surface area (Å²) in [7, 11) is 0. The Morgan fingerprint density at radius 1 is 1.24 bits per heavy atom. The number of nitrogens with one attached hydrogen (secondary N) is 2. The van der Waals surface area contributed by atoms with Crippen LogP contribution in [0.4, 0.5) is 5.69 Å². The van der Waals surface area contributed by atoms with E-state index in [-0.39, 0.29) is 30.1 Å². The third-order valence-electron chi connectivity index (χ3n) is 5.35. The van der Waals surface area contributed by atoms with Crippen molar-refractivity contribution in [2.45, 2.75) is 52.5 Å². The first-order valence-electron chi connectivity index (χ1n) is 8.93. The van der Waals surface area contributed by atoms with Crippen LogP contribution in [0, 0.1) is 11.3 Å². The first-order chi connectivity index (χ1) is 11.5. The molecule has 5 nitrogen and oxygen atoms in total. The minimum absolute atomic E-state index is 0. The molecular weight excluding hydrogens is 338 g/mol. The van der Waals surface area contributed by atoms with Gasteiger partial charge in [-0.05, 0) is 43.4 Å². The minimum Gasteiger partial charge on any atom is -0.352 e. The van der Waals surface area contributed by atoms with Gasteiger partial charge in [0.25, 0.3) is 0 Å². The fourth-order valence-corrected chi connectivity index (χ4v) is 3.00. The van der Waals surface area contributed by atoms with Crippen LogP contribution in [0.15, 0.2) is 24.3 Å². The van der Waals surface area contributed by atoms with Gasteiger partial charge in [-0.3, -0.25) is 9.59 Å². The standard InChI is InChI=1S/C19H29N3O2.ClH/c1-3-19(4-2,13-20)18(24)21-12-14-7-5-10-16(11-14)22-17(23)15-8-6-9-15;/h5,7,10-11,15H,3-4,6,8-9,12-13,20H2,1-2H3,(H,21,24)(H,22,23);1H. The Labute approximate surface area is 156 Å². The highest BCUT2D eigenvalue weighted by molar-refractivity contribution is 5.93. The topological polar surface area (TPSA) is 84.2 Å². The first kappa shape index (κ1) is 21.5. The zero-order valence-electron chi connectivity index (χ0n) is 15.1. The molecule has 1 aromatic carbocycles. The fraction of sp³-hybridized carbons (Fsp3) is 0.579. The zero-order chi connectivity index (χ0) is 17.6. The molecule has 1 fully saturated rings. The summed E-state index contributed by atoms with van der Waals surface area (Å²) in [6.07, 6.45) is 4.56. The highest BCUT2D eigenvalue weighted by Gasteiger charge is 2.33. The van der Waals surface area contributed by atoms with Crippen LogP contribution in [-0.2, 0) is 16.1 Å². The number of halogens is 1. The Bertz CT molecular complexity index is 576. The van der Waals surface area contributed by atoms with Crippen LogP contribution in [-0.4, -0.2) is 18.4 Å². The molecule has 140 valence electrons. The number of nitrogens with two attached hydrogens (primary N) is 1. The third kappa shape index (κ3) is 5.19. The number of carbonyl (C=O) groups is 2. The summed E-state index contributed by atoms with van der Waals surface area (Å²) in [5.74, 6) is 0.257. The van der Waals surface area contributed by atoms with Gasteiger partial charge in [0.05, 0.1) is 5.41 Å². The molecule has 0 spiro atoms. The molecule has 4 N–H and O–H groups in total. The SMILES string of the molecule is CCC(CC)(CN)C(=O)NCc1cccc(NC(=O)C2CCC2)c1.Cl. The summed E-state index contributed by atoms with van der Waals surface area (Å²) in [5.41, 5.74) is 7.08. The number of carbonyl (C=O) groups excluding carboxylic acids is 2. The van der Waals surface area contributed by atoms with Crippen molar-refractivity contribution in [3.05, 3.63) is 29.8 Å². The van der Waals surface area contributed by atoms with Crippen molar-refractivity contribution in [1.82, 2.24) is 5.32 Å². The van der Waals surface area contributed by atoms with Crippen molar-refractivity contribution in [1.29, 1.82) is 0 Å². The Hall–Kier alpha value is -1.59. The van der Waals surface area contributed by atoms with E-state index in [1.54, 1.807) is 0 Å². The number of anilines is 1. The zero-order valence-corrected chi connectivity index (χ0v) is 16.0. The lowest BCUT2D eigenvalue weighted by Crippen LogP contribution is -2.45. The van der Waals surface area contributed by atoms with Crippen molar-refractivity contribution in [2.24, 2.45) is 17.1 Å². The summed E-state index contributed by atoms with van der Waals surface area (Å²) < 4.78 is 0. The van der Waals surface area contributed by atoms with Crippen molar-refractivity contribution >= 4 is 29.9 Å². The van der Waals surface area contributed by atoms with E-state index in [9.17, 15) is 9.59 Å². The second-order valence-electron chi connectivity index (χ2n) is 6.69. The van der Waals surface area contributed by atoms with Gasteiger partial charge in [-0.2, -0.15) is 0 Å². The van der Waals surface area contributed by atoms with Crippen LogP contribution in [0.2, 0.25) is 0 Å². The molecule has 0 heterocycles. The molecule has 0 radical (unpaired) electrons. The number of hydrogen-bond acceptors (Lipinski definition) is 3. The van der Waals surface area contributed by atoms with E-state index in [2.05, 4.69) is 10.6 Å². The maximum absolute atomic E-state index is 12.5. The molecule has 2 rings (SSSR count). The summed E-state index contributed by atoms with van der Waals surface area (Å²) in [5, 5.41) is 5.95. The second-order valence-corrected chi connectivity index (χ2v) is 6.69. The van der Waals surface area contributed by atoms with E-state index >= 15 is 0 Å². The smallest absolute Gasteiger partial charge is 0.227 e. The van der Waals surface area contributed by atoms with Crippen LogP contribution in [0.3, 0.4) is 0 Å². The molecule has 25 heavy (non-hydrogen) atoms. The highest BCUT2D eigenvalue weighted by atomic mass is 35.5. The van der Waals surface area contributed by atoms with Crippen molar-refractivity contribution in [2.75, 3.05) is 11.9 Å². The average molecular weight is 368 g/mol.